The summed E-state index contributed by atoms with van der Waals surface area (Å²) in [5.74, 6) is 0.860. The highest BCUT2D eigenvalue weighted by Crippen LogP contribution is 2.24. The van der Waals surface area contributed by atoms with E-state index in [1.165, 1.54) is 107 Å². The van der Waals surface area contributed by atoms with Crippen LogP contribution in [0.5, 0.6) is 5.75 Å². The van der Waals surface area contributed by atoms with Crippen molar-refractivity contribution in [1.82, 2.24) is 0 Å². The van der Waals surface area contributed by atoms with Gasteiger partial charge in [-0.1, -0.05) is 103 Å². The first-order valence-electron chi connectivity index (χ1n) is 11.3. The minimum Gasteiger partial charge on any atom is -0.482 e. The van der Waals surface area contributed by atoms with E-state index in [1.807, 2.05) is 0 Å². The van der Waals surface area contributed by atoms with Crippen molar-refractivity contribution in [2.45, 2.75) is 117 Å². The van der Waals surface area contributed by atoms with Gasteiger partial charge in [0.05, 0.1) is 0 Å². The first-order valence-corrected chi connectivity index (χ1v) is 11.3. The number of aryl methyl sites for hydroxylation is 2. The van der Waals surface area contributed by atoms with Gasteiger partial charge in [0.25, 0.3) is 0 Å². The van der Waals surface area contributed by atoms with E-state index < -0.39 is 0 Å². The Labute approximate surface area is 163 Å². The van der Waals surface area contributed by atoms with Crippen LogP contribution in [0, 0.1) is 7.11 Å². The van der Waals surface area contributed by atoms with Gasteiger partial charge in [-0.3, -0.25) is 0 Å². The SMILES string of the molecule is [CH]Oc1ccc(CCCCCCCCC)cc1CCCCCCCCC. The molecule has 0 aromatic heterocycles. The third kappa shape index (κ3) is 10.9. The van der Waals surface area contributed by atoms with E-state index in [0.29, 0.717) is 0 Å². The highest BCUT2D eigenvalue weighted by atomic mass is 16.5. The predicted octanol–water partition coefficient (Wildman–Crippen LogP) is 8.32. The smallest absolute Gasteiger partial charge is 0.180 e. The van der Waals surface area contributed by atoms with E-state index in [0.717, 1.165) is 12.2 Å². The summed E-state index contributed by atoms with van der Waals surface area (Å²) in [4.78, 5) is 0. The van der Waals surface area contributed by atoms with Crippen molar-refractivity contribution in [3.05, 3.63) is 36.4 Å². The molecule has 0 aliphatic carbocycles. The lowest BCUT2D eigenvalue weighted by Gasteiger charge is -2.11. The van der Waals surface area contributed by atoms with Crippen LogP contribution in [-0.4, -0.2) is 0 Å². The Morgan fingerprint density at radius 3 is 1.69 bits per heavy atom. The molecule has 1 aromatic carbocycles. The van der Waals surface area contributed by atoms with Gasteiger partial charge < -0.3 is 4.74 Å². The molecule has 0 unspecified atom stereocenters. The lowest BCUT2D eigenvalue weighted by Crippen LogP contribution is -1.95. The maximum Gasteiger partial charge on any atom is 0.180 e. The van der Waals surface area contributed by atoms with Crippen LogP contribution in [0.2, 0.25) is 0 Å². The Hall–Kier alpha value is -0.980. The molecule has 1 rings (SSSR count). The molecule has 0 aliphatic heterocycles. The lowest BCUT2D eigenvalue weighted by molar-refractivity contribution is 0.464. The summed E-state index contributed by atoms with van der Waals surface area (Å²) in [7, 11) is 5.47. The molecule has 0 heterocycles. The largest absolute Gasteiger partial charge is 0.482 e. The monoisotopic (exact) mass is 358 g/mol. The second-order valence-electron chi connectivity index (χ2n) is 7.80. The highest BCUT2D eigenvalue weighted by Gasteiger charge is 2.05. The molecule has 1 aromatic rings. The van der Waals surface area contributed by atoms with Gasteiger partial charge in [-0.2, -0.15) is 0 Å². The Kier molecular flexibility index (Phi) is 14.4. The summed E-state index contributed by atoms with van der Waals surface area (Å²) in [6, 6.07) is 6.58. The van der Waals surface area contributed by atoms with Crippen molar-refractivity contribution in [2.75, 3.05) is 0 Å². The average Bonchev–Trinajstić information content (AvgIpc) is 2.66. The number of rotatable bonds is 17. The van der Waals surface area contributed by atoms with E-state index in [4.69, 9.17) is 11.8 Å². The Balaban J connectivity index is 2.28. The zero-order valence-electron chi connectivity index (χ0n) is 17.5. The molecule has 0 saturated carbocycles. The molecular formula is C25H42O. The van der Waals surface area contributed by atoms with Crippen molar-refractivity contribution in [1.29, 1.82) is 0 Å². The molecule has 0 fully saturated rings. The maximum absolute atomic E-state index is 5.47. The minimum atomic E-state index is 0.860. The fraction of sp³-hybridized carbons (Fsp3) is 0.720. The van der Waals surface area contributed by atoms with Crippen LogP contribution in [0.15, 0.2) is 18.2 Å². The van der Waals surface area contributed by atoms with Crippen molar-refractivity contribution < 1.29 is 4.74 Å². The minimum absolute atomic E-state index is 0.860. The molecule has 0 amide bonds. The van der Waals surface area contributed by atoms with Gasteiger partial charge in [-0.05, 0) is 42.9 Å². The van der Waals surface area contributed by atoms with E-state index in [2.05, 4.69) is 32.0 Å². The predicted molar refractivity (Wildman–Crippen MR) is 115 cm³/mol. The quantitative estimate of drug-likeness (QED) is 0.254. The molecule has 2 radical (unpaired) electrons. The second kappa shape index (κ2) is 16.2. The Morgan fingerprint density at radius 1 is 0.654 bits per heavy atom. The molecular weight excluding hydrogens is 316 g/mol. The van der Waals surface area contributed by atoms with Crippen molar-refractivity contribution in [3.63, 3.8) is 0 Å². The van der Waals surface area contributed by atoms with Crippen LogP contribution < -0.4 is 4.74 Å². The lowest BCUT2D eigenvalue weighted by atomic mass is 9.99. The third-order valence-corrected chi connectivity index (χ3v) is 5.37. The van der Waals surface area contributed by atoms with Gasteiger partial charge in [0.1, 0.15) is 5.75 Å². The van der Waals surface area contributed by atoms with E-state index in [-0.39, 0.29) is 0 Å². The first kappa shape index (κ1) is 23.1. The fourth-order valence-electron chi connectivity index (χ4n) is 3.66. The highest BCUT2D eigenvalue weighted by molar-refractivity contribution is 5.37. The molecule has 148 valence electrons. The Bertz CT molecular complexity index is 438. The zero-order chi connectivity index (χ0) is 18.9. The third-order valence-electron chi connectivity index (χ3n) is 5.37. The summed E-state index contributed by atoms with van der Waals surface area (Å²) in [5, 5.41) is 0. The van der Waals surface area contributed by atoms with Gasteiger partial charge in [0.15, 0.2) is 7.11 Å². The molecule has 0 N–H and O–H groups in total. The van der Waals surface area contributed by atoms with Crippen molar-refractivity contribution in [3.8, 4) is 5.75 Å². The standard InChI is InChI=1S/C25H42O/c1-4-6-8-10-12-14-16-18-23-20-21-25(26-3)24(22-23)19-17-15-13-11-9-7-5-2/h3,20-22H,4-19H2,1-2H3. The normalized spacial score (nSPS) is 11.0. The molecule has 0 bridgehead atoms. The van der Waals surface area contributed by atoms with Gasteiger partial charge in [-0.15, -0.1) is 0 Å². The summed E-state index contributed by atoms with van der Waals surface area (Å²) >= 11 is 0. The van der Waals surface area contributed by atoms with Crippen molar-refractivity contribution in [2.24, 2.45) is 0 Å². The van der Waals surface area contributed by atoms with Crippen LogP contribution in [0.1, 0.15) is 115 Å². The molecule has 0 spiro atoms. The summed E-state index contributed by atoms with van der Waals surface area (Å²) in [5.41, 5.74) is 2.74. The fourth-order valence-corrected chi connectivity index (χ4v) is 3.66. The molecule has 1 nitrogen and oxygen atoms in total. The topological polar surface area (TPSA) is 9.23 Å². The molecule has 26 heavy (non-hydrogen) atoms. The first-order chi connectivity index (χ1) is 12.8. The van der Waals surface area contributed by atoms with Crippen LogP contribution in [0.3, 0.4) is 0 Å². The van der Waals surface area contributed by atoms with E-state index in [9.17, 15) is 0 Å². The van der Waals surface area contributed by atoms with E-state index in [1.54, 1.807) is 0 Å². The molecule has 1 heteroatoms. The maximum atomic E-state index is 5.47. The summed E-state index contributed by atoms with van der Waals surface area (Å²) < 4.78 is 5.09. The molecule has 0 atom stereocenters. The summed E-state index contributed by atoms with van der Waals surface area (Å²) in [6.45, 7) is 4.55. The van der Waals surface area contributed by atoms with Crippen LogP contribution in [0.25, 0.3) is 0 Å². The van der Waals surface area contributed by atoms with Crippen LogP contribution >= 0.6 is 0 Å². The van der Waals surface area contributed by atoms with Crippen LogP contribution in [0.4, 0.5) is 0 Å². The van der Waals surface area contributed by atoms with Crippen molar-refractivity contribution >= 4 is 0 Å². The number of benzene rings is 1. The summed E-state index contributed by atoms with van der Waals surface area (Å²) in [6.07, 6.45) is 21.2. The number of hydrogen-bond donors (Lipinski definition) is 0. The number of unbranched alkanes of at least 4 members (excludes halogenated alkanes) is 12. The van der Waals surface area contributed by atoms with Gasteiger partial charge in [0.2, 0.25) is 0 Å². The number of ether oxygens (including phenoxy) is 1. The number of hydrogen-bond acceptors (Lipinski definition) is 1. The zero-order valence-corrected chi connectivity index (χ0v) is 17.5. The Morgan fingerprint density at radius 2 is 1.15 bits per heavy atom. The van der Waals surface area contributed by atoms with E-state index >= 15 is 0 Å². The van der Waals surface area contributed by atoms with Gasteiger partial charge >= 0.3 is 0 Å². The van der Waals surface area contributed by atoms with Crippen LogP contribution in [-0.2, 0) is 12.8 Å². The average molecular weight is 359 g/mol. The second-order valence-corrected chi connectivity index (χ2v) is 7.80. The molecule has 0 aliphatic rings. The molecule has 0 saturated heterocycles. The van der Waals surface area contributed by atoms with Gasteiger partial charge in [-0.25, -0.2) is 0 Å². The van der Waals surface area contributed by atoms with Gasteiger partial charge in [0, 0.05) is 0 Å².